The van der Waals surface area contributed by atoms with E-state index in [2.05, 4.69) is 4.98 Å². The van der Waals surface area contributed by atoms with E-state index in [0.29, 0.717) is 0 Å². The number of benzene rings is 1. The molecule has 0 radical (unpaired) electrons. The number of rotatable bonds is 2. The third kappa shape index (κ3) is 2.13. The van der Waals surface area contributed by atoms with Crippen molar-refractivity contribution < 1.29 is 4.79 Å². The van der Waals surface area contributed by atoms with Gasteiger partial charge in [-0.25, -0.2) is 4.98 Å². The lowest BCUT2D eigenvalue weighted by molar-refractivity contribution is 0.101. The highest BCUT2D eigenvalue weighted by atomic mass is 32.1. The number of carbonyl (C=O) groups is 1. The molecule has 0 aliphatic rings. The van der Waals surface area contributed by atoms with Crippen molar-refractivity contribution >= 4 is 17.1 Å². The van der Waals surface area contributed by atoms with Gasteiger partial charge in [-0.1, -0.05) is 24.3 Å². The molecule has 3 heteroatoms. The SMILES string of the molecule is CC(=O)c1ccc(-c2cnc(C)s2)cc1. The van der Waals surface area contributed by atoms with Crippen LogP contribution in [0.15, 0.2) is 30.5 Å². The fraction of sp³-hybridized carbons (Fsp3) is 0.167. The number of aryl methyl sites for hydroxylation is 1. The summed E-state index contributed by atoms with van der Waals surface area (Å²) in [5, 5.41) is 1.06. The first-order valence-corrected chi connectivity index (χ1v) is 5.52. The van der Waals surface area contributed by atoms with Gasteiger partial charge in [-0.05, 0) is 19.4 Å². The molecule has 0 saturated carbocycles. The van der Waals surface area contributed by atoms with E-state index in [9.17, 15) is 4.79 Å². The van der Waals surface area contributed by atoms with Crippen molar-refractivity contribution in [1.29, 1.82) is 0 Å². The molecule has 2 aromatic rings. The number of hydrogen-bond donors (Lipinski definition) is 0. The first-order valence-electron chi connectivity index (χ1n) is 4.70. The van der Waals surface area contributed by atoms with Crippen LogP contribution < -0.4 is 0 Å². The molecule has 0 unspecified atom stereocenters. The van der Waals surface area contributed by atoms with Crippen molar-refractivity contribution in [3.63, 3.8) is 0 Å². The zero-order chi connectivity index (χ0) is 10.8. The summed E-state index contributed by atoms with van der Waals surface area (Å²) in [6.07, 6.45) is 1.86. The van der Waals surface area contributed by atoms with Gasteiger partial charge in [-0.2, -0.15) is 0 Å². The summed E-state index contributed by atoms with van der Waals surface area (Å²) in [6.45, 7) is 3.56. The van der Waals surface area contributed by atoms with Crippen molar-refractivity contribution in [3.05, 3.63) is 41.0 Å². The van der Waals surface area contributed by atoms with Crippen LogP contribution in [-0.4, -0.2) is 10.8 Å². The number of carbonyl (C=O) groups excluding carboxylic acids is 1. The number of aromatic nitrogens is 1. The van der Waals surface area contributed by atoms with Gasteiger partial charge in [0.2, 0.25) is 0 Å². The molecule has 0 spiro atoms. The molecule has 0 fully saturated rings. The molecular weight excluding hydrogens is 206 g/mol. The van der Waals surface area contributed by atoms with E-state index >= 15 is 0 Å². The number of nitrogens with zero attached hydrogens (tertiary/aromatic N) is 1. The van der Waals surface area contributed by atoms with Gasteiger partial charge in [0.1, 0.15) is 0 Å². The largest absolute Gasteiger partial charge is 0.295 e. The minimum absolute atomic E-state index is 0.0991. The molecule has 2 rings (SSSR count). The molecule has 0 atom stereocenters. The fourth-order valence-electron chi connectivity index (χ4n) is 1.36. The van der Waals surface area contributed by atoms with Gasteiger partial charge in [0, 0.05) is 11.8 Å². The molecule has 2 nitrogen and oxygen atoms in total. The summed E-state index contributed by atoms with van der Waals surface area (Å²) in [6, 6.07) is 7.63. The van der Waals surface area contributed by atoms with E-state index < -0.39 is 0 Å². The standard InChI is InChI=1S/C12H11NOS/c1-8(14)10-3-5-11(6-4-10)12-7-13-9(2)15-12/h3-7H,1-2H3. The van der Waals surface area contributed by atoms with Crippen LogP contribution in [-0.2, 0) is 0 Å². The Labute approximate surface area is 92.6 Å². The maximum Gasteiger partial charge on any atom is 0.159 e. The van der Waals surface area contributed by atoms with Crippen molar-refractivity contribution in [2.45, 2.75) is 13.8 Å². The van der Waals surface area contributed by atoms with Crippen molar-refractivity contribution in [2.24, 2.45) is 0 Å². The molecule has 76 valence electrons. The van der Waals surface area contributed by atoms with Gasteiger partial charge in [-0.15, -0.1) is 11.3 Å². The molecule has 15 heavy (non-hydrogen) atoms. The lowest BCUT2D eigenvalue weighted by Crippen LogP contribution is -1.90. The third-order valence-corrected chi connectivity index (χ3v) is 3.16. The minimum Gasteiger partial charge on any atom is -0.295 e. The number of ketones is 1. The zero-order valence-electron chi connectivity index (χ0n) is 8.65. The Morgan fingerprint density at radius 2 is 1.93 bits per heavy atom. The number of hydrogen-bond acceptors (Lipinski definition) is 3. The predicted molar refractivity (Wildman–Crippen MR) is 62.3 cm³/mol. The van der Waals surface area contributed by atoms with Crippen molar-refractivity contribution in [2.75, 3.05) is 0 Å². The average Bonchev–Trinajstić information content (AvgIpc) is 2.65. The lowest BCUT2D eigenvalue weighted by Gasteiger charge is -1.98. The van der Waals surface area contributed by atoms with Crippen LogP contribution in [0.4, 0.5) is 0 Å². The van der Waals surface area contributed by atoms with E-state index in [0.717, 1.165) is 21.0 Å². The zero-order valence-corrected chi connectivity index (χ0v) is 9.47. The monoisotopic (exact) mass is 217 g/mol. The third-order valence-electron chi connectivity index (χ3n) is 2.20. The average molecular weight is 217 g/mol. The molecule has 0 aliphatic carbocycles. The van der Waals surface area contributed by atoms with E-state index in [4.69, 9.17) is 0 Å². The molecule has 1 aromatic carbocycles. The number of thiazole rings is 1. The molecular formula is C12H11NOS. The van der Waals surface area contributed by atoms with Gasteiger partial charge in [0.15, 0.2) is 5.78 Å². The summed E-state index contributed by atoms with van der Waals surface area (Å²) < 4.78 is 0. The lowest BCUT2D eigenvalue weighted by atomic mass is 10.1. The van der Waals surface area contributed by atoms with Gasteiger partial charge >= 0.3 is 0 Å². The van der Waals surface area contributed by atoms with Gasteiger partial charge in [0.25, 0.3) is 0 Å². The minimum atomic E-state index is 0.0991. The van der Waals surface area contributed by atoms with Crippen LogP contribution in [0.2, 0.25) is 0 Å². The van der Waals surface area contributed by atoms with Crippen molar-refractivity contribution in [1.82, 2.24) is 4.98 Å². The Hall–Kier alpha value is -1.48. The Morgan fingerprint density at radius 1 is 1.27 bits per heavy atom. The summed E-state index contributed by atoms with van der Waals surface area (Å²) >= 11 is 1.66. The molecule has 1 heterocycles. The van der Waals surface area contributed by atoms with Crippen LogP contribution >= 0.6 is 11.3 Å². The fourth-order valence-corrected chi connectivity index (χ4v) is 2.15. The van der Waals surface area contributed by atoms with Gasteiger partial charge in [0.05, 0.1) is 9.88 Å². The van der Waals surface area contributed by atoms with Gasteiger partial charge < -0.3 is 0 Å². The second-order valence-corrected chi connectivity index (χ2v) is 4.61. The van der Waals surface area contributed by atoms with Crippen LogP contribution in [0, 0.1) is 6.92 Å². The molecule has 0 saturated heterocycles. The molecule has 0 amide bonds. The topological polar surface area (TPSA) is 30.0 Å². The predicted octanol–water partition coefficient (Wildman–Crippen LogP) is 3.32. The summed E-state index contributed by atoms with van der Waals surface area (Å²) in [5.74, 6) is 0.0991. The van der Waals surface area contributed by atoms with Crippen LogP contribution in [0.5, 0.6) is 0 Å². The van der Waals surface area contributed by atoms with Crippen LogP contribution in [0.1, 0.15) is 22.3 Å². The Bertz CT molecular complexity index is 485. The van der Waals surface area contributed by atoms with Crippen LogP contribution in [0.25, 0.3) is 10.4 Å². The second-order valence-electron chi connectivity index (χ2n) is 3.38. The quantitative estimate of drug-likeness (QED) is 0.722. The molecule has 0 bridgehead atoms. The van der Waals surface area contributed by atoms with E-state index in [1.807, 2.05) is 37.4 Å². The molecule has 0 N–H and O–H groups in total. The highest BCUT2D eigenvalue weighted by Gasteiger charge is 2.03. The Morgan fingerprint density at radius 3 is 2.40 bits per heavy atom. The first kappa shape index (κ1) is 10.1. The summed E-state index contributed by atoms with van der Waals surface area (Å²) in [7, 11) is 0. The molecule has 1 aromatic heterocycles. The second kappa shape index (κ2) is 3.95. The number of Topliss-reactive ketones (excluding diaryl/α,β-unsaturated/α-hetero) is 1. The van der Waals surface area contributed by atoms with Gasteiger partial charge in [-0.3, -0.25) is 4.79 Å². The van der Waals surface area contributed by atoms with Crippen molar-refractivity contribution in [3.8, 4) is 10.4 Å². The van der Waals surface area contributed by atoms with E-state index in [1.165, 1.54) is 0 Å². The smallest absolute Gasteiger partial charge is 0.159 e. The van der Waals surface area contributed by atoms with Crippen LogP contribution in [0.3, 0.4) is 0 Å². The summed E-state index contributed by atoms with van der Waals surface area (Å²) in [4.78, 5) is 16.4. The Balaban J connectivity index is 2.35. The highest BCUT2D eigenvalue weighted by molar-refractivity contribution is 7.15. The Kier molecular flexibility index (Phi) is 2.64. The normalized spacial score (nSPS) is 10.3. The summed E-state index contributed by atoms with van der Waals surface area (Å²) in [5.41, 5.74) is 1.87. The first-order chi connectivity index (χ1) is 7.16. The highest BCUT2D eigenvalue weighted by Crippen LogP contribution is 2.25. The molecule has 0 aliphatic heterocycles. The maximum absolute atomic E-state index is 11.1. The van der Waals surface area contributed by atoms with E-state index in [-0.39, 0.29) is 5.78 Å². The van der Waals surface area contributed by atoms with E-state index in [1.54, 1.807) is 18.3 Å². The maximum atomic E-state index is 11.1.